The molecule has 1 fully saturated rings. The quantitative estimate of drug-likeness (QED) is 0.740. The highest BCUT2D eigenvalue weighted by Gasteiger charge is 2.26. The number of anilines is 1. The van der Waals surface area contributed by atoms with Crippen molar-refractivity contribution in [2.24, 2.45) is 11.8 Å². The highest BCUT2D eigenvalue weighted by Crippen LogP contribution is 2.30. The van der Waals surface area contributed by atoms with Crippen molar-refractivity contribution in [3.8, 4) is 0 Å². The van der Waals surface area contributed by atoms with Crippen molar-refractivity contribution in [2.45, 2.75) is 31.1 Å². The van der Waals surface area contributed by atoms with Gasteiger partial charge in [-0.1, -0.05) is 19.8 Å². The van der Waals surface area contributed by atoms with Gasteiger partial charge in [0.25, 0.3) is 0 Å². The Morgan fingerprint density at radius 2 is 2.35 bits per heavy atom. The number of H-pyrrole nitrogens is 1. The molecule has 0 bridgehead atoms. The molecule has 1 aliphatic rings. The van der Waals surface area contributed by atoms with Crippen molar-refractivity contribution in [3.05, 3.63) is 6.20 Å². The van der Waals surface area contributed by atoms with Gasteiger partial charge in [-0.25, -0.2) is 13.1 Å². The maximum Gasteiger partial charge on any atom is 0.245 e. The maximum absolute atomic E-state index is 11.9. The lowest BCUT2D eigenvalue weighted by Crippen LogP contribution is -2.30. The van der Waals surface area contributed by atoms with E-state index in [9.17, 15) is 8.42 Å². The number of nitrogens with one attached hydrogen (secondary N) is 2. The van der Waals surface area contributed by atoms with E-state index in [4.69, 9.17) is 5.73 Å². The maximum atomic E-state index is 11.9. The van der Waals surface area contributed by atoms with Crippen LogP contribution in [-0.2, 0) is 10.0 Å². The van der Waals surface area contributed by atoms with Crippen LogP contribution >= 0.6 is 0 Å². The minimum absolute atomic E-state index is 0.0307. The third-order valence-corrected chi connectivity index (χ3v) is 4.95. The fourth-order valence-electron chi connectivity index (χ4n) is 2.32. The van der Waals surface area contributed by atoms with Crippen molar-refractivity contribution in [2.75, 3.05) is 12.3 Å². The molecule has 1 aliphatic carbocycles. The lowest BCUT2D eigenvalue weighted by Gasteiger charge is -2.15. The van der Waals surface area contributed by atoms with E-state index in [1.807, 2.05) is 0 Å². The van der Waals surface area contributed by atoms with E-state index < -0.39 is 10.0 Å². The summed E-state index contributed by atoms with van der Waals surface area (Å²) < 4.78 is 26.5. The molecule has 6 nitrogen and oxygen atoms in total. The molecule has 1 heterocycles. The van der Waals surface area contributed by atoms with Gasteiger partial charge in [0.15, 0.2) is 0 Å². The minimum Gasteiger partial charge on any atom is -0.383 e. The molecule has 96 valence electrons. The highest BCUT2D eigenvalue weighted by molar-refractivity contribution is 7.89. The molecule has 0 aromatic carbocycles. The molecule has 2 atom stereocenters. The average molecular weight is 258 g/mol. The van der Waals surface area contributed by atoms with E-state index >= 15 is 0 Å². The van der Waals surface area contributed by atoms with E-state index in [1.54, 1.807) is 0 Å². The van der Waals surface area contributed by atoms with Crippen molar-refractivity contribution < 1.29 is 8.42 Å². The predicted octanol–water partition coefficient (Wildman–Crippen LogP) is 0.706. The molecule has 4 N–H and O–H groups in total. The van der Waals surface area contributed by atoms with Gasteiger partial charge in [-0.05, 0) is 18.3 Å². The standard InChI is InChI=1S/C10H18N4O2S/c1-7-3-2-4-8(7)5-13-17(15,16)9-6-12-14-10(9)11/h6-8,13H,2-5H2,1H3,(H3,11,12,14). The molecular formula is C10H18N4O2S. The van der Waals surface area contributed by atoms with Crippen LogP contribution in [-0.4, -0.2) is 25.2 Å². The number of rotatable bonds is 4. The Hall–Kier alpha value is -1.08. The average Bonchev–Trinajstić information content (AvgIpc) is 2.85. The number of aromatic nitrogens is 2. The van der Waals surface area contributed by atoms with Gasteiger partial charge in [0.2, 0.25) is 10.0 Å². The van der Waals surface area contributed by atoms with E-state index in [2.05, 4.69) is 21.8 Å². The van der Waals surface area contributed by atoms with Crippen molar-refractivity contribution in [1.82, 2.24) is 14.9 Å². The zero-order valence-corrected chi connectivity index (χ0v) is 10.6. The van der Waals surface area contributed by atoms with Gasteiger partial charge in [-0.15, -0.1) is 0 Å². The van der Waals surface area contributed by atoms with Gasteiger partial charge in [0, 0.05) is 6.54 Å². The van der Waals surface area contributed by atoms with E-state index in [0.29, 0.717) is 18.4 Å². The number of aromatic amines is 1. The molecule has 0 amide bonds. The number of nitrogen functional groups attached to an aromatic ring is 1. The van der Waals surface area contributed by atoms with Gasteiger partial charge >= 0.3 is 0 Å². The van der Waals surface area contributed by atoms with Crippen molar-refractivity contribution in [1.29, 1.82) is 0 Å². The normalized spacial score (nSPS) is 25.2. The fraction of sp³-hybridized carbons (Fsp3) is 0.700. The van der Waals surface area contributed by atoms with Crippen LogP contribution < -0.4 is 10.5 Å². The Bertz CT molecular complexity index is 482. The van der Waals surface area contributed by atoms with E-state index in [0.717, 1.165) is 6.42 Å². The first-order valence-electron chi connectivity index (χ1n) is 5.79. The molecule has 0 spiro atoms. The second-order valence-electron chi connectivity index (χ2n) is 4.67. The number of nitrogens with two attached hydrogens (primary N) is 1. The molecule has 17 heavy (non-hydrogen) atoms. The second kappa shape index (κ2) is 4.66. The summed E-state index contributed by atoms with van der Waals surface area (Å²) in [5, 5.41) is 6.03. The van der Waals surface area contributed by atoms with Crippen LogP contribution in [0.3, 0.4) is 0 Å². The molecule has 0 saturated heterocycles. The van der Waals surface area contributed by atoms with E-state index in [1.165, 1.54) is 19.0 Å². The topological polar surface area (TPSA) is 101 Å². The third-order valence-electron chi connectivity index (χ3n) is 3.50. The number of nitrogens with zero attached hydrogens (tertiary/aromatic N) is 1. The number of sulfonamides is 1. The monoisotopic (exact) mass is 258 g/mol. The Morgan fingerprint density at radius 3 is 2.88 bits per heavy atom. The van der Waals surface area contributed by atoms with Crippen LogP contribution in [0.25, 0.3) is 0 Å². The zero-order valence-electron chi connectivity index (χ0n) is 9.81. The van der Waals surface area contributed by atoms with Gasteiger partial charge in [0.1, 0.15) is 10.7 Å². The first-order chi connectivity index (χ1) is 8.00. The Labute approximate surface area is 101 Å². The summed E-state index contributed by atoms with van der Waals surface area (Å²) >= 11 is 0. The van der Waals surface area contributed by atoms with Gasteiger partial charge in [-0.2, -0.15) is 5.10 Å². The molecular weight excluding hydrogens is 240 g/mol. The second-order valence-corrected chi connectivity index (χ2v) is 6.40. The van der Waals surface area contributed by atoms with Crippen LogP contribution in [0.4, 0.5) is 5.82 Å². The molecule has 1 saturated carbocycles. The van der Waals surface area contributed by atoms with Crippen LogP contribution in [0.15, 0.2) is 11.1 Å². The Morgan fingerprint density at radius 1 is 1.59 bits per heavy atom. The third kappa shape index (κ3) is 2.61. The molecule has 0 aliphatic heterocycles. The smallest absolute Gasteiger partial charge is 0.245 e. The van der Waals surface area contributed by atoms with Gasteiger partial charge in [0.05, 0.1) is 6.20 Å². The van der Waals surface area contributed by atoms with Crippen LogP contribution in [0, 0.1) is 11.8 Å². The summed E-state index contributed by atoms with van der Waals surface area (Å²) in [5.74, 6) is 1.09. The SMILES string of the molecule is CC1CCCC1CNS(=O)(=O)c1cn[nH]c1N. The largest absolute Gasteiger partial charge is 0.383 e. The first kappa shape index (κ1) is 12.4. The highest BCUT2D eigenvalue weighted by atomic mass is 32.2. The fourth-order valence-corrected chi connectivity index (χ4v) is 3.43. The molecule has 0 radical (unpaired) electrons. The summed E-state index contributed by atoms with van der Waals surface area (Å²) in [6.07, 6.45) is 4.68. The summed E-state index contributed by atoms with van der Waals surface area (Å²) in [5.41, 5.74) is 5.50. The summed E-state index contributed by atoms with van der Waals surface area (Å²) in [6.45, 7) is 2.65. The Kier molecular flexibility index (Phi) is 3.39. The van der Waals surface area contributed by atoms with Crippen molar-refractivity contribution in [3.63, 3.8) is 0 Å². The molecule has 1 aromatic heterocycles. The van der Waals surface area contributed by atoms with Crippen molar-refractivity contribution >= 4 is 15.8 Å². The Balaban J connectivity index is 2.01. The zero-order chi connectivity index (χ0) is 12.5. The van der Waals surface area contributed by atoms with Gasteiger partial charge < -0.3 is 5.73 Å². The van der Waals surface area contributed by atoms with Crippen LogP contribution in [0.5, 0.6) is 0 Å². The molecule has 2 unspecified atom stereocenters. The lowest BCUT2D eigenvalue weighted by molar-refractivity contribution is 0.414. The number of hydrogen-bond acceptors (Lipinski definition) is 4. The summed E-state index contributed by atoms with van der Waals surface area (Å²) in [7, 11) is -3.53. The summed E-state index contributed by atoms with van der Waals surface area (Å²) in [4.78, 5) is 0.0307. The van der Waals surface area contributed by atoms with E-state index in [-0.39, 0.29) is 10.7 Å². The predicted molar refractivity (Wildman–Crippen MR) is 64.7 cm³/mol. The number of hydrogen-bond donors (Lipinski definition) is 3. The summed E-state index contributed by atoms with van der Waals surface area (Å²) in [6, 6.07) is 0. The first-order valence-corrected chi connectivity index (χ1v) is 7.27. The molecule has 1 aromatic rings. The lowest BCUT2D eigenvalue weighted by atomic mass is 9.99. The molecule has 7 heteroatoms. The molecule has 2 rings (SSSR count). The minimum atomic E-state index is -3.53. The van der Waals surface area contributed by atoms with Gasteiger partial charge in [-0.3, -0.25) is 5.10 Å². The van der Waals surface area contributed by atoms with Crippen LogP contribution in [0.1, 0.15) is 26.2 Å². The van der Waals surface area contributed by atoms with Crippen LogP contribution in [0.2, 0.25) is 0 Å².